The van der Waals surface area contributed by atoms with E-state index in [9.17, 15) is 4.39 Å². The van der Waals surface area contributed by atoms with Gasteiger partial charge in [-0.25, -0.2) is 4.39 Å². The third-order valence-electron chi connectivity index (χ3n) is 2.31. The Hall–Kier alpha value is -0.970. The van der Waals surface area contributed by atoms with Gasteiger partial charge in [0.25, 0.3) is 0 Å². The van der Waals surface area contributed by atoms with E-state index in [-0.39, 0.29) is 0 Å². The molecular weight excluding hydrogens is 342 g/mol. The van der Waals surface area contributed by atoms with Crippen molar-refractivity contribution in [1.82, 2.24) is 0 Å². The van der Waals surface area contributed by atoms with Gasteiger partial charge >= 0.3 is 0 Å². The summed E-state index contributed by atoms with van der Waals surface area (Å²) in [5.41, 5.74) is 7.19. The molecular formula is C12H8BrCl2FN2. The van der Waals surface area contributed by atoms with Gasteiger partial charge in [-0.3, -0.25) is 0 Å². The van der Waals surface area contributed by atoms with Gasteiger partial charge < -0.3 is 11.1 Å². The van der Waals surface area contributed by atoms with Crippen LogP contribution in [-0.4, -0.2) is 0 Å². The first-order chi connectivity index (χ1) is 8.49. The lowest BCUT2D eigenvalue weighted by molar-refractivity contribution is 0.622. The molecule has 0 fully saturated rings. The van der Waals surface area contributed by atoms with Crippen LogP contribution in [0, 0.1) is 5.82 Å². The molecule has 0 amide bonds. The molecule has 0 heterocycles. The van der Waals surface area contributed by atoms with Crippen LogP contribution in [0.2, 0.25) is 10.0 Å². The molecule has 2 rings (SSSR count). The van der Waals surface area contributed by atoms with Crippen LogP contribution in [0.1, 0.15) is 0 Å². The van der Waals surface area contributed by atoms with Crippen molar-refractivity contribution in [2.75, 3.05) is 11.1 Å². The zero-order valence-electron chi connectivity index (χ0n) is 8.98. The molecule has 0 radical (unpaired) electrons. The first-order valence-electron chi connectivity index (χ1n) is 4.94. The van der Waals surface area contributed by atoms with Crippen LogP contribution in [0.15, 0.2) is 34.8 Å². The first kappa shape index (κ1) is 13.5. The summed E-state index contributed by atoms with van der Waals surface area (Å²) in [6, 6.07) is 7.91. The fraction of sp³-hybridized carbons (Fsp3) is 0. The van der Waals surface area contributed by atoms with Gasteiger partial charge in [-0.15, -0.1) is 0 Å². The minimum atomic E-state index is -0.412. The maximum Gasteiger partial charge on any atom is 0.139 e. The molecule has 6 heteroatoms. The molecule has 0 atom stereocenters. The summed E-state index contributed by atoms with van der Waals surface area (Å²) in [5.74, 6) is -0.412. The molecule has 0 aliphatic heterocycles. The van der Waals surface area contributed by atoms with Crippen LogP contribution < -0.4 is 11.1 Å². The van der Waals surface area contributed by atoms with E-state index in [1.165, 1.54) is 12.1 Å². The maximum absolute atomic E-state index is 13.4. The summed E-state index contributed by atoms with van der Waals surface area (Å²) in [5, 5.41) is 3.72. The third kappa shape index (κ3) is 2.71. The minimum absolute atomic E-state index is 0.308. The Morgan fingerprint density at radius 3 is 2.61 bits per heavy atom. The molecule has 94 valence electrons. The highest BCUT2D eigenvalue weighted by atomic mass is 79.9. The van der Waals surface area contributed by atoms with Crippen LogP contribution in [0.25, 0.3) is 0 Å². The fourth-order valence-corrected chi connectivity index (χ4v) is 2.12. The number of anilines is 3. The van der Waals surface area contributed by atoms with Crippen molar-refractivity contribution in [3.8, 4) is 0 Å². The number of hydrogen-bond acceptors (Lipinski definition) is 2. The monoisotopic (exact) mass is 348 g/mol. The number of hydrogen-bond donors (Lipinski definition) is 2. The quantitative estimate of drug-likeness (QED) is 0.729. The molecule has 18 heavy (non-hydrogen) atoms. The molecule has 0 aliphatic rings. The summed E-state index contributed by atoms with van der Waals surface area (Å²) in [7, 11) is 0. The van der Waals surface area contributed by atoms with E-state index in [1.807, 2.05) is 0 Å². The van der Waals surface area contributed by atoms with Gasteiger partial charge in [0.2, 0.25) is 0 Å². The Morgan fingerprint density at radius 2 is 1.89 bits per heavy atom. The molecule has 0 bridgehead atoms. The van der Waals surface area contributed by atoms with Gasteiger partial charge in [0.05, 0.1) is 31.6 Å². The van der Waals surface area contributed by atoms with Crippen molar-refractivity contribution < 1.29 is 4.39 Å². The number of halogens is 4. The van der Waals surface area contributed by atoms with Crippen LogP contribution in [0.5, 0.6) is 0 Å². The zero-order chi connectivity index (χ0) is 13.3. The second kappa shape index (κ2) is 5.34. The highest BCUT2D eigenvalue weighted by Crippen LogP contribution is 2.34. The van der Waals surface area contributed by atoms with Crippen molar-refractivity contribution in [3.05, 3.63) is 50.7 Å². The van der Waals surface area contributed by atoms with E-state index in [0.717, 1.165) is 0 Å². The molecule has 2 aromatic carbocycles. The van der Waals surface area contributed by atoms with Gasteiger partial charge in [-0.1, -0.05) is 29.3 Å². The van der Waals surface area contributed by atoms with Gasteiger partial charge in [0.1, 0.15) is 5.82 Å². The summed E-state index contributed by atoms with van der Waals surface area (Å²) in [4.78, 5) is 0. The molecule has 2 aromatic rings. The van der Waals surface area contributed by atoms with Crippen LogP contribution in [0.4, 0.5) is 21.5 Å². The lowest BCUT2D eigenvalue weighted by Gasteiger charge is -2.12. The van der Waals surface area contributed by atoms with Crippen molar-refractivity contribution in [1.29, 1.82) is 0 Å². The zero-order valence-corrected chi connectivity index (χ0v) is 12.1. The van der Waals surface area contributed by atoms with Crippen molar-refractivity contribution in [2.24, 2.45) is 0 Å². The van der Waals surface area contributed by atoms with Gasteiger partial charge in [-0.05, 0) is 34.1 Å². The number of rotatable bonds is 2. The highest BCUT2D eigenvalue weighted by Gasteiger charge is 2.09. The minimum Gasteiger partial charge on any atom is -0.397 e. The van der Waals surface area contributed by atoms with Gasteiger partial charge in [0, 0.05) is 6.07 Å². The first-order valence-corrected chi connectivity index (χ1v) is 6.49. The van der Waals surface area contributed by atoms with Crippen LogP contribution >= 0.6 is 39.1 Å². The van der Waals surface area contributed by atoms with Gasteiger partial charge in [-0.2, -0.15) is 0 Å². The molecule has 3 N–H and O–H groups in total. The third-order valence-corrected chi connectivity index (χ3v) is 3.74. The van der Waals surface area contributed by atoms with Crippen LogP contribution in [0.3, 0.4) is 0 Å². The van der Waals surface area contributed by atoms with Crippen molar-refractivity contribution in [3.63, 3.8) is 0 Å². The van der Waals surface area contributed by atoms with E-state index in [4.69, 9.17) is 28.9 Å². The lowest BCUT2D eigenvalue weighted by atomic mass is 10.2. The SMILES string of the molecule is Nc1cc(Br)c(F)cc1Nc1cccc(Cl)c1Cl. The summed E-state index contributed by atoms with van der Waals surface area (Å²) >= 11 is 15.0. The standard InChI is InChI=1S/C12H8BrCl2FN2/c13-6-4-9(17)11(5-8(6)16)18-10-3-1-2-7(14)12(10)15/h1-5,18H,17H2. The van der Waals surface area contributed by atoms with E-state index >= 15 is 0 Å². The Kier molecular flexibility index (Phi) is 4.00. The number of benzene rings is 2. The molecule has 0 aromatic heterocycles. The average molecular weight is 350 g/mol. The number of nitrogens with two attached hydrogens (primary N) is 1. The van der Waals surface area contributed by atoms with E-state index in [1.54, 1.807) is 18.2 Å². The number of nitrogens with one attached hydrogen (secondary N) is 1. The molecule has 2 nitrogen and oxygen atoms in total. The second-order valence-electron chi connectivity index (χ2n) is 3.58. The summed E-state index contributed by atoms with van der Waals surface area (Å²) < 4.78 is 13.7. The maximum atomic E-state index is 13.4. The number of nitrogen functional groups attached to an aromatic ring is 1. The van der Waals surface area contributed by atoms with Crippen LogP contribution in [-0.2, 0) is 0 Å². The molecule has 0 spiro atoms. The largest absolute Gasteiger partial charge is 0.397 e. The average Bonchev–Trinajstić information content (AvgIpc) is 2.32. The Morgan fingerprint density at radius 1 is 1.17 bits per heavy atom. The Balaban J connectivity index is 2.40. The summed E-state index contributed by atoms with van der Waals surface area (Å²) in [6.07, 6.45) is 0. The molecule has 0 saturated heterocycles. The van der Waals surface area contributed by atoms with Crippen molar-refractivity contribution in [2.45, 2.75) is 0 Å². The fourth-order valence-electron chi connectivity index (χ4n) is 1.42. The predicted octanol–water partition coefficient (Wildman–Crippen LogP) is 5.22. The Bertz CT molecular complexity index is 605. The normalized spacial score (nSPS) is 10.4. The second-order valence-corrected chi connectivity index (χ2v) is 5.22. The molecule has 0 aliphatic carbocycles. The predicted molar refractivity (Wildman–Crippen MR) is 78.3 cm³/mol. The summed E-state index contributed by atoms with van der Waals surface area (Å²) in [6.45, 7) is 0. The van der Waals surface area contributed by atoms with Gasteiger partial charge in [0.15, 0.2) is 0 Å². The van der Waals surface area contributed by atoms with E-state index in [2.05, 4.69) is 21.2 Å². The smallest absolute Gasteiger partial charge is 0.139 e. The topological polar surface area (TPSA) is 38.0 Å². The van der Waals surface area contributed by atoms with E-state index < -0.39 is 5.82 Å². The Labute approximate surface area is 122 Å². The molecule has 0 unspecified atom stereocenters. The lowest BCUT2D eigenvalue weighted by Crippen LogP contribution is -1.98. The van der Waals surface area contributed by atoms with E-state index in [0.29, 0.717) is 31.6 Å². The molecule has 0 saturated carbocycles. The van der Waals surface area contributed by atoms with Crippen molar-refractivity contribution >= 4 is 56.2 Å². The highest BCUT2D eigenvalue weighted by molar-refractivity contribution is 9.10.